The molecule has 2 atom stereocenters. The Morgan fingerprint density at radius 2 is 1.88 bits per heavy atom. The van der Waals surface area contributed by atoms with Crippen molar-refractivity contribution in [3.8, 4) is 0 Å². The molecule has 2 aliphatic heterocycles. The number of amides is 1. The third kappa shape index (κ3) is 5.03. The third-order valence-corrected chi connectivity index (χ3v) is 5.21. The van der Waals surface area contributed by atoms with E-state index in [0.717, 1.165) is 52.2 Å². The molecular formula is C19H30N4O. The maximum absolute atomic E-state index is 12.3. The van der Waals surface area contributed by atoms with Crippen LogP contribution in [0, 0.1) is 5.92 Å². The summed E-state index contributed by atoms with van der Waals surface area (Å²) in [5.41, 5.74) is 1.36. The summed E-state index contributed by atoms with van der Waals surface area (Å²) in [5.74, 6) is 0.704. The van der Waals surface area contributed by atoms with Crippen molar-refractivity contribution in [2.45, 2.75) is 25.9 Å². The van der Waals surface area contributed by atoms with Gasteiger partial charge in [-0.25, -0.2) is 0 Å². The second-order valence-electron chi connectivity index (χ2n) is 7.18. The summed E-state index contributed by atoms with van der Waals surface area (Å²) in [6.07, 6.45) is 1.04. The zero-order valence-corrected chi connectivity index (χ0v) is 14.7. The van der Waals surface area contributed by atoms with Crippen molar-refractivity contribution in [3.63, 3.8) is 0 Å². The molecule has 2 N–H and O–H groups in total. The minimum Gasteiger partial charge on any atom is -0.352 e. The van der Waals surface area contributed by atoms with Gasteiger partial charge in [0, 0.05) is 38.8 Å². The lowest BCUT2D eigenvalue weighted by Crippen LogP contribution is -2.53. The normalized spacial score (nSPS) is 26.2. The van der Waals surface area contributed by atoms with E-state index in [1.807, 2.05) is 0 Å². The predicted octanol–water partition coefficient (Wildman–Crippen LogP) is 0.918. The molecule has 1 amide bonds. The van der Waals surface area contributed by atoms with E-state index in [2.05, 4.69) is 57.7 Å². The summed E-state index contributed by atoms with van der Waals surface area (Å²) in [4.78, 5) is 17.1. The van der Waals surface area contributed by atoms with Crippen molar-refractivity contribution in [1.29, 1.82) is 0 Å². The molecule has 0 saturated carbocycles. The van der Waals surface area contributed by atoms with Gasteiger partial charge in [-0.2, -0.15) is 0 Å². The van der Waals surface area contributed by atoms with Gasteiger partial charge >= 0.3 is 0 Å². The SMILES string of the molecule is CC1CNCCC1NC(=O)CN1CCN(Cc2ccccc2)CC1. The lowest BCUT2D eigenvalue weighted by Gasteiger charge is -2.35. The summed E-state index contributed by atoms with van der Waals surface area (Å²) >= 11 is 0. The average Bonchev–Trinajstić information content (AvgIpc) is 2.60. The molecular weight excluding hydrogens is 300 g/mol. The number of benzene rings is 1. The molecule has 24 heavy (non-hydrogen) atoms. The predicted molar refractivity (Wildman–Crippen MR) is 96.7 cm³/mol. The lowest BCUT2D eigenvalue weighted by atomic mass is 9.95. The number of carbonyl (C=O) groups excluding carboxylic acids is 1. The average molecular weight is 330 g/mol. The highest BCUT2D eigenvalue weighted by Crippen LogP contribution is 2.11. The van der Waals surface area contributed by atoms with Gasteiger partial charge in [0.05, 0.1) is 6.54 Å². The number of piperazine rings is 1. The monoisotopic (exact) mass is 330 g/mol. The van der Waals surface area contributed by atoms with Gasteiger partial charge in [0.1, 0.15) is 0 Å². The topological polar surface area (TPSA) is 47.6 Å². The Labute approximate surface area is 145 Å². The smallest absolute Gasteiger partial charge is 0.234 e. The van der Waals surface area contributed by atoms with Gasteiger partial charge in [0.2, 0.25) is 5.91 Å². The molecule has 3 rings (SSSR count). The van der Waals surface area contributed by atoms with E-state index in [4.69, 9.17) is 0 Å². The Bertz CT molecular complexity index is 513. The Hall–Kier alpha value is -1.43. The Kier molecular flexibility index (Phi) is 6.24. The standard InChI is InChI=1S/C19H30N4O/c1-16-13-20-8-7-18(16)21-19(24)15-23-11-9-22(10-12-23)14-17-5-3-2-4-6-17/h2-6,16,18,20H,7-15H2,1H3,(H,21,24). The van der Waals surface area contributed by atoms with Gasteiger partial charge in [-0.15, -0.1) is 0 Å². The van der Waals surface area contributed by atoms with Crippen LogP contribution in [0.25, 0.3) is 0 Å². The van der Waals surface area contributed by atoms with Crippen molar-refractivity contribution in [3.05, 3.63) is 35.9 Å². The Morgan fingerprint density at radius 1 is 1.17 bits per heavy atom. The number of hydrogen-bond acceptors (Lipinski definition) is 4. The van der Waals surface area contributed by atoms with Crippen molar-refractivity contribution in [2.75, 3.05) is 45.8 Å². The molecule has 2 fully saturated rings. The maximum atomic E-state index is 12.3. The van der Waals surface area contributed by atoms with E-state index in [1.54, 1.807) is 0 Å². The van der Waals surface area contributed by atoms with Gasteiger partial charge in [0.25, 0.3) is 0 Å². The molecule has 0 spiro atoms. The number of nitrogens with zero attached hydrogens (tertiary/aromatic N) is 2. The summed E-state index contributed by atoms with van der Waals surface area (Å²) in [6.45, 7) is 9.78. The Balaban J connectivity index is 1.38. The first-order chi connectivity index (χ1) is 11.7. The number of hydrogen-bond donors (Lipinski definition) is 2. The molecule has 1 aromatic rings. The van der Waals surface area contributed by atoms with Crippen molar-refractivity contribution in [1.82, 2.24) is 20.4 Å². The molecule has 2 unspecified atom stereocenters. The molecule has 5 nitrogen and oxygen atoms in total. The van der Waals surface area contributed by atoms with Crippen LogP contribution in [-0.4, -0.2) is 67.6 Å². The van der Waals surface area contributed by atoms with E-state index in [0.29, 0.717) is 18.5 Å². The van der Waals surface area contributed by atoms with Crippen molar-refractivity contribution < 1.29 is 4.79 Å². The maximum Gasteiger partial charge on any atom is 0.234 e. The van der Waals surface area contributed by atoms with Crippen LogP contribution in [0.5, 0.6) is 0 Å². The van der Waals surface area contributed by atoms with Gasteiger partial charge in [-0.3, -0.25) is 14.6 Å². The van der Waals surface area contributed by atoms with E-state index < -0.39 is 0 Å². The quantitative estimate of drug-likeness (QED) is 0.843. The Morgan fingerprint density at radius 3 is 2.58 bits per heavy atom. The summed E-state index contributed by atoms with van der Waals surface area (Å²) in [6, 6.07) is 10.9. The molecule has 0 aromatic heterocycles. The van der Waals surface area contributed by atoms with Gasteiger partial charge in [-0.1, -0.05) is 37.3 Å². The molecule has 0 aliphatic carbocycles. The first-order valence-corrected chi connectivity index (χ1v) is 9.19. The lowest BCUT2D eigenvalue weighted by molar-refractivity contribution is -0.123. The molecule has 5 heteroatoms. The van der Waals surface area contributed by atoms with Gasteiger partial charge in [0.15, 0.2) is 0 Å². The fourth-order valence-electron chi connectivity index (χ4n) is 3.63. The highest BCUT2D eigenvalue weighted by atomic mass is 16.2. The summed E-state index contributed by atoms with van der Waals surface area (Å²) in [5, 5.41) is 6.61. The van der Waals surface area contributed by atoms with E-state index >= 15 is 0 Å². The van der Waals surface area contributed by atoms with Crippen LogP contribution in [0.2, 0.25) is 0 Å². The van der Waals surface area contributed by atoms with Crippen LogP contribution < -0.4 is 10.6 Å². The largest absolute Gasteiger partial charge is 0.352 e. The zero-order valence-electron chi connectivity index (χ0n) is 14.7. The summed E-state index contributed by atoms with van der Waals surface area (Å²) < 4.78 is 0. The van der Waals surface area contributed by atoms with Crippen LogP contribution in [0.3, 0.4) is 0 Å². The number of piperidine rings is 1. The molecule has 2 heterocycles. The van der Waals surface area contributed by atoms with Crippen LogP contribution >= 0.6 is 0 Å². The van der Waals surface area contributed by atoms with Gasteiger partial charge < -0.3 is 10.6 Å². The number of nitrogens with one attached hydrogen (secondary N) is 2. The fourth-order valence-corrected chi connectivity index (χ4v) is 3.63. The van der Waals surface area contributed by atoms with Crippen molar-refractivity contribution >= 4 is 5.91 Å². The van der Waals surface area contributed by atoms with Crippen LogP contribution in [0.4, 0.5) is 0 Å². The van der Waals surface area contributed by atoms with Crippen LogP contribution in [0.1, 0.15) is 18.9 Å². The molecule has 1 aromatic carbocycles. The van der Waals surface area contributed by atoms with E-state index in [9.17, 15) is 4.79 Å². The van der Waals surface area contributed by atoms with Gasteiger partial charge in [-0.05, 0) is 31.0 Å². The molecule has 0 bridgehead atoms. The second-order valence-corrected chi connectivity index (χ2v) is 7.18. The first-order valence-electron chi connectivity index (χ1n) is 9.19. The van der Waals surface area contributed by atoms with E-state index in [-0.39, 0.29) is 5.91 Å². The van der Waals surface area contributed by atoms with Crippen LogP contribution in [-0.2, 0) is 11.3 Å². The van der Waals surface area contributed by atoms with Crippen molar-refractivity contribution in [2.24, 2.45) is 5.92 Å². The third-order valence-electron chi connectivity index (χ3n) is 5.21. The first kappa shape index (κ1) is 17.4. The number of carbonyl (C=O) groups is 1. The molecule has 0 radical (unpaired) electrons. The van der Waals surface area contributed by atoms with Crippen LogP contribution in [0.15, 0.2) is 30.3 Å². The fraction of sp³-hybridized carbons (Fsp3) is 0.632. The minimum absolute atomic E-state index is 0.185. The summed E-state index contributed by atoms with van der Waals surface area (Å²) in [7, 11) is 0. The number of rotatable bonds is 5. The minimum atomic E-state index is 0.185. The zero-order chi connectivity index (χ0) is 16.8. The highest BCUT2D eigenvalue weighted by molar-refractivity contribution is 5.78. The molecule has 2 saturated heterocycles. The molecule has 132 valence electrons. The second kappa shape index (κ2) is 8.60. The molecule has 2 aliphatic rings. The highest BCUT2D eigenvalue weighted by Gasteiger charge is 2.24. The van der Waals surface area contributed by atoms with E-state index in [1.165, 1.54) is 5.56 Å².